The summed E-state index contributed by atoms with van der Waals surface area (Å²) in [5, 5.41) is 0. The molecule has 2 saturated heterocycles. The van der Waals surface area contributed by atoms with Crippen molar-refractivity contribution in [2.75, 3.05) is 50.7 Å². The lowest BCUT2D eigenvalue weighted by atomic mass is 9.69. The first-order chi connectivity index (χ1) is 18.9. The average molecular weight is 537 g/mol. The first-order valence-corrected chi connectivity index (χ1v) is 14.5. The van der Waals surface area contributed by atoms with Gasteiger partial charge in [-0.05, 0) is 66.8 Å². The summed E-state index contributed by atoms with van der Waals surface area (Å²) >= 11 is 0. The number of halogens is 2. The van der Waals surface area contributed by atoms with Crippen LogP contribution in [0.5, 0.6) is 0 Å². The predicted octanol–water partition coefficient (Wildman–Crippen LogP) is 5.37. The summed E-state index contributed by atoms with van der Waals surface area (Å²) in [5.74, 6) is 0.180. The molecule has 1 aliphatic carbocycles. The first kappa shape index (κ1) is 26.2. The fourth-order valence-corrected chi connectivity index (χ4v) is 7.26. The van der Waals surface area contributed by atoms with Gasteiger partial charge in [-0.25, -0.2) is 13.8 Å². The number of carbonyl (C=O) groups is 1. The Hall–Kier alpha value is -3.00. The molecule has 39 heavy (non-hydrogen) atoms. The molecular formula is C31H38F2N4O2. The van der Waals surface area contributed by atoms with Crippen LogP contribution in [0.25, 0.3) is 11.1 Å². The molecule has 6 nitrogen and oxygen atoms in total. The number of piperidine rings is 1. The van der Waals surface area contributed by atoms with Crippen LogP contribution in [0.2, 0.25) is 0 Å². The second kappa shape index (κ2) is 11.2. The number of hydrogen-bond acceptors (Lipinski definition) is 5. The van der Waals surface area contributed by atoms with Gasteiger partial charge in [-0.3, -0.25) is 4.79 Å². The Bertz CT molecular complexity index is 1300. The van der Waals surface area contributed by atoms with Gasteiger partial charge < -0.3 is 19.1 Å². The molecule has 2 aliphatic heterocycles. The highest BCUT2D eigenvalue weighted by Gasteiger charge is 2.43. The van der Waals surface area contributed by atoms with E-state index in [9.17, 15) is 13.6 Å². The number of benzene rings is 2. The Balaban J connectivity index is 1.09. The lowest BCUT2D eigenvalue weighted by Gasteiger charge is -2.48. The highest BCUT2D eigenvalue weighted by molar-refractivity contribution is 5.80. The predicted molar refractivity (Wildman–Crippen MR) is 147 cm³/mol. The Kier molecular flexibility index (Phi) is 7.56. The number of carbonyl (C=O) groups excluding carboxylic acids is 1. The molecule has 1 aromatic heterocycles. The Labute approximate surface area is 229 Å². The van der Waals surface area contributed by atoms with Crippen LogP contribution in [0.1, 0.15) is 38.2 Å². The van der Waals surface area contributed by atoms with Crippen LogP contribution < -0.4 is 4.90 Å². The minimum Gasteiger partial charge on any atom is -0.443 e. The van der Waals surface area contributed by atoms with E-state index in [-0.39, 0.29) is 11.8 Å². The minimum atomic E-state index is -0.832. The number of nitrogens with zero attached hydrogens (tertiary/aromatic N) is 4. The third-order valence-corrected chi connectivity index (χ3v) is 9.16. The number of rotatable bonds is 6. The van der Waals surface area contributed by atoms with Gasteiger partial charge in [0.1, 0.15) is 5.52 Å². The summed E-state index contributed by atoms with van der Waals surface area (Å²) in [6.07, 6.45) is 7.30. The molecule has 0 bridgehead atoms. The van der Waals surface area contributed by atoms with Crippen LogP contribution >= 0.6 is 0 Å². The van der Waals surface area contributed by atoms with Crippen molar-refractivity contribution >= 4 is 22.7 Å². The van der Waals surface area contributed by atoms with Gasteiger partial charge in [-0.1, -0.05) is 25.8 Å². The number of anilines is 1. The molecule has 3 aliphatic rings. The maximum atomic E-state index is 13.9. The quantitative estimate of drug-likeness (QED) is 0.424. The van der Waals surface area contributed by atoms with E-state index in [1.54, 1.807) is 6.07 Å². The second-order valence-corrected chi connectivity index (χ2v) is 11.9. The first-order valence-electron chi connectivity index (χ1n) is 14.5. The molecule has 0 N–H and O–H groups in total. The van der Waals surface area contributed by atoms with Gasteiger partial charge >= 0.3 is 0 Å². The Morgan fingerprint density at radius 1 is 1.03 bits per heavy atom. The van der Waals surface area contributed by atoms with E-state index in [4.69, 9.17) is 4.42 Å². The fourth-order valence-electron chi connectivity index (χ4n) is 7.26. The van der Waals surface area contributed by atoms with Gasteiger partial charge in [0.2, 0.25) is 5.91 Å². The molecule has 1 amide bonds. The fraction of sp³-hybridized carbons (Fsp3) is 0.548. The van der Waals surface area contributed by atoms with Crippen LogP contribution in [0.3, 0.4) is 0 Å². The van der Waals surface area contributed by atoms with Crippen molar-refractivity contribution in [3.8, 4) is 0 Å². The van der Waals surface area contributed by atoms with E-state index >= 15 is 0 Å². The lowest BCUT2D eigenvalue weighted by Crippen LogP contribution is -2.57. The average Bonchev–Trinajstić information content (AvgIpc) is 3.42. The van der Waals surface area contributed by atoms with Gasteiger partial charge in [-0.2, -0.15) is 0 Å². The molecule has 3 aromatic rings. The van der Waals surface area contributed by atoms with Gasteiger partial charge in [-0.15, -0.1) is 0 Å². The van der Waals surface area contributed by atoms with Gasteiger partial charge in [0.05, 0.1) is 5.92 Å². The topological polar surface area (TPSA) is 52.8 Å². The van der Waals surface area contributed by atoms with Crippen LogP contribution in [0.15, 0.2) is 47.2 Å². The molecule has 2 aromatic carbocycles. The monoisotopic (exact) mass is 536 g/mol. The highest BCUT2D eigenvalue weighted by atomic mass is 19.2. The lowest BCUT2D eigenvalue weighted by molar-refractivity contribution is -0.142. The van der Waals surface area contributed by atoms with Crippen molar-refractivity contribution < 1.29 is 18.0 Å². The smallest absolute Gasteiger partial charge is 0.227 e. The summed E-state index contributed by atoms with van der Waals surface area (Å²) in [7, 11) is 0. The molecule has 208 valence electrons. The molecule has 3 fully saturated rings. The van der Waals surface area contributed by atoms with Crippen LogP contribution in [-0.2, 0) is 11.2 Å². The molecule has 3 heterocycles. The summed E-state index contributed by atoms with van der Waals surface area (Å²) in [4.78, 5) is 24.8. The maximum Gasteiger partial charge on any atom is 0.227 e. The molecule has 0 unspecified atom stereocenters. The standard InChI is InChI=1S/C31H38F2N4O2/c1-21(14-22-6-9-30-29(15-22)34-20-39-30)17-35-18-23-4-2-3-5-25(23)26(19-35)31(38)37-12-10-36(11-13-37)24-7-8-27(32)28(33)16-24/h6-9,15-16,20-21,23,25-26H,2-5,10-14,17-19H2,1H3/t21-,23+,25-,26+/m0/s1. The third kappa shape index (κ3) is 5.67. The number of aromatic nitrogens is 1. The van der Waals surface area contributed by atoms with Crippen LogP contribution in [0.4, 0.5) is 14.5 Å². The van der Waals surface area contributed by atoms with Crippen molar-refractivity contribution in [2.24, 2.45) is 23.7 Å². The number of fused-ring (bicyclic) bond motifs is 2. The van der Waals surface area contributed by atoms with E-state index in [0.29, 0.717) is 49.6 Å². The number of piperazine rings is 1. The molecular weight excluding hydrogens is 498 g/mol. The Morgan fingerprint density at radius 2 is 1.85 bits per heavy atom. The maximum absolute atomic E-state index is 13.9. The van der Waals surface area contributed by atoms with Gasteiger partial charge in [0.15, 0.2) is 23.6 Å². The van der Waals surface area contributed by atoms with E-state index in [0.717, 1.165) is 43.6 Å². The third-order valence-electron chi connectivity index (χ3n) is 9.16. The van der Waals surface area contributed by atoms with Crippen molar-refractivity contribution in [3.63, 3.8) is 0 Å². The molecule has 4 atom stereocenters. The van der Waals surface area contributed by atoms with Crippen LogP contribution in [-0.4, -0.2) is 66.5 Å². The van der Waals surface area contributed by atoms with E-state index < -0.39 is 11.6 Å². The van der Waals surface area contributed by atoms with E-state index in [1.165, 1.54) is 43.4 Å². The molecule has 0 radical (unpaired) electrons. The molecule has 6 rings (SSSR count). The minimum absolute atomic E-state index is 0.0394. The van der Waals surface area contributed by atoms with Crippen molar-refractivity contribution in [3.05, 3.63) is 60.0 Å². The normalized spacial score (nSPS) is 25.1. The zero-order valence-corrected chi connectivity index (χ0v) is 22.7. The molecule has 0 spiro atoms. The summed E-state index contributed by atoms with van der Waals surface area (Å²) in [6, 6.07) is 10.3. The summed E-state index contributed by atoms with van der Waals surface area (Å²) < 4.78 is 32.5. The number of oxazole rings is 1. The zero-order chi connectivity index (χ0) is 26.9. The Morgan fingerprint density at radius 3 is 2.67 bits per heavy atom. The molecule has 1 saturated carbocycles. The number of hydrogen-bond donors (Lipinski definition) is 0. The van der Waals surface area contributed by atoms with E-state index in [2.05, 4.69) is 28.9 Å². The molecule has 8 heteroatoms. The summed E-state index contributed by atoms with van der Waals surface area (Å²) in [6.45, 7) is 7.70. The second-order valence-electron chi connectivity index (χ2n) is 11.9. The van der Waals surface area contributed by atoms with Crippen molar-refractivity contribution in [1.29, 1.82) is 0 Å². The highest BCUT2D eigenvalue weighted by Crippen LogP contribution is 2.40. The van der Waals surface area contributed by atoms with E-state index in [1.807, 2.05) is 15.9 Å². The largest absolute Gasteiger partial charge is 0.443 e. The van der Waals surface area contributed by atoms with Crippen LogP contribution in [0, 0.1) is 35.3 Å². The van der Waals surface area contributed by atoms with Crippen molar-refractivity contribution in [1.82, 2.24) is 14.8 Å². The van der Waals surface area contributed by atoms with Crippen molar-refractivity contribution in [2.45, 2.75) is 39.0 Å². The number of likely N-dealkylation sites (tertiary alicyclic amines) is 1. The van der Waals surface area contributed by atoms with Gasteiger partial charge in [0.25, 0.3) is 0 Å². The number of amides is 1. The van der Waals surface area contributed by atoms with Gasteiger partial charge in [0, 0.05) is 57.6 Å². The summed E-state index contributed by atoms with van der Waals surface area (Å²) in [5.41, 5.74) is 3.66. The SMILES string of the molecule is C[C@@H](Cc1ccc2ocnc2c1)CN1C[C@H]2CCCC[C@@H]2[C@H](C(=O)N2CCN(c3ccc(F)c(F)c3)CC2)C1. The zero-order valence-electron chi connectivity index (χ0n) is 22.7.